The number of benzene rings is 1. The Hall–Kier alpha value is -3.34. The number of amides is 1. The number of hydrogen-bond acceptors (Lipinski definition) is 6. The number of aromatic amines is 1. The van der Waals surface area contributed by atoms with E-state index in [1.807, 2.05) is 7.05 Å². The fourth-order valence-electron chi connectivity index (χ4n) is 4.81. The maximum atomic E-state index is 14.0. The SMILES string of the molecule is COC(=O)Nc1ccc2c(-c3nc(N[C@H]4CCCN(C)C4)ncc3C(F)(F)F)c[nH]c2c1C1CC1. The minimum Gasteiger partial charge on any atom is -0.453 e. The molecule has 0 unspecified atom stereocenters. The molecule has 11 heteroatoms. The van der Waals surface area contributed by atoms with Crippen molar-refractivity contribution in [3.05, 3.63) is 35.7 Å². The van der Waals surface area contributed by atoms with E-state index in [9.17, 15) is 18.0 Å². The number of anilines is 2. The zero-order chi connectivity index (χ0) is 24.7. The number of nitrogens with one attached hydrogen (secondary N) is 3. The number of halogens is 3. The lowest BCUT2D eigenvalue weighted by atomic mass is 10.00. The lowest BCUT2D eigenvalue weighted by molar-refractivity contribution is -0.137. The fourth-order valence-corrected chi connectivity index (χ4v) is 4.81. The van der Waals surface area contributed by atoms with Gasteiger partial charge in [0.25, 0.3) is 0 Å². The standard InChI is InChI=1S/C24H27F3N6O2/c1-33-9-3-4-14(12-33)30-22-29-11-17(24(25,26)27)20(32-22)16-10-28-21-15(16)7-8-18(31-23(34)35-2)19(21)13-5-6-13/h7-8,10-11,13-14,28H,3-6,9,12H2,1-2H3,(H,31,34)(H,29,30,32)/t14-/m0/s1. The average Bonchev–Trinajstić information content (AvgIpc) is 3.56. The minimum absolute atomic E-state index is 0.0646. The van der Waals surface area contributed by atoms with Crippen molar-refractivity contribution in [2.75, 3.05) is 37.9 Å². The molecular weight excluding hydrogens is 461 g/mol. The van der Waals surface area contributed by atoms with Crippen molar-refractivity contribution in [1.29, 1.82) is 0 Å². The van der Waals surface area contributed by atoms with Gasteiger partial charge in [-0.15, -0.1) is 0 Å². The normalized spacial score (nSPS) is 19.1. The molecule has 8 nitrogen and oxygen atoms in total. The first kappa shape index (κ1) is 23.4. The second kappa shape index (κ2) is 9.03. The summed E-state index contributed by atoms with van der Waals surface area (Å²) in [5, 5.41) is 6.54. The maximum absolute atomic E-state index is 14.0. The molecule has 186 valence electrons. The Morgan fingerprint density at radius 3 is 2.74 bits per heavy atom. The van der Waals surface area contributed by atoms with Gasteiger partial charge in [-0.3, -0.25) is 5.32 Å². The number of piperidine rings is 1. The first-order chi connectivity index (χ1) is 16.7. The van der Waals surface area contributed by atoms with Crippen LogP contribution in [-0.4, -0.2) is 59.2 Å². The van der Waals surface area contributed by atoms with Crippen molar-refractivity contribution in [3.8, 4) is 11.3 Å². The number of H-pyrrole nitrogens is 1. The molecule has 1 saturated heterocycles. The molecule has 2 aromatic heterocycles. The summed E-state index contributed by atoms with van der Waals surface area (Å²) >= 11 is 0. The number of likely N-dealkylation sites (N-methyl/N-ethyl adjacent to an activating group) is 1. The molecule has 0 bridgehead atoms. The van der Waals surface area contributed by atoms with Crippen LogP contribution in [0.4, 0.5) is 29.6 Å². The lowest BCUT2D eigenvalue weighted by Gasteiger charge is -2.30. The van der Waals surface area contributed by atoms with Gasteiger partial charge >= 0.3 is 12.3 Å². The van der Waals surface area contributed by atoms with Crippen molar-refractivity contribution in [2.24, 2.45) is 0 Å². The second-order valence-corrected chi connectivity index (χ2v) is 9.24. The van der Waals surface area contributed by atoms with E-state index in [1.54, 1.807) is 18.3 Å². The third kappa shape index (κ3) is 4.77. The summed E-state index contributed by atoms with van der Waals surface area (Å²) in [6.45, 7) is 1.76. The number of carbonyl (C=O) groups excluding carboxylic acids is 1. The van der Waals surface area contributed by atoms with Crippen LogP contribution in [0.25, 0.3) is 22.2 Å². The van der Waals surface area contributed by atoms with Crippen molar-refractivity contribution in [2.45, 2.75) is 43.8 Å². The number of hydrogen-bond donors (Lipinski definition) is 3. The van der Waals surface area contributed by atoms with Gasteiger partial charge in [0, 0.05) is 47.2 Å². The monoisotopic (exact) mass is 488 g/mol. The smallest absolute Gasteiger partial charge is 0.419 e. The van der Waals surface area contributed by atoms with Crippen molar-refractivity contribution >= 4 is 28.6 Å². The summed E-state index contributed by atoms with van der Waals surface area (Å²) in [5.74, 6) is 0.388. The number of ether oxygens (including phenoxy) is 1. The summed E-state index contributed by atoms with van der Waals surface area (Å²) in [6.07, 6.45) is 0.960. The minimum atomic E-state index is -4.62. The molecule has 1 aliphatic carbocycles. The Bertz CT molecular complexity index is 1250. The van der Waals surface area contributed by atoms with E-state index in [1.165, 1.54) is 7.11 Å². The van der Waals surface area contributed by atoms with Crippen molar-refractivity contribution < 1.29 is 22.7 Å². The number of fused-ring (bicyclic) bond motifs is 1. The molecule has 3 heterocycles. The Morgan fingerprint density at radius 2 is 2.06 bits per heavy atom. The molecule has 2 fully saturated rings. The quantitative estimate of drug-likeness (QED) is 0.457. The number of rotatable bonds is 5. The van der Waals surface area contributed by atoms with Gasteiger partial charge < -0.3 is 19.9 Å². The third-order valence-electron chi connectivity index (χ3n) is 6.61. The first-order valence-electron chi connectivity index (χ1n) is 11.6. The van der Waals surface area contributed by atoms with E-state index < -0.39 is 17.8 Å². The Kier molecular flexibility index (Phi) is 6.04. The summed E-state index contributed by atoms with van der Waals surface area (Å²) < 4.78 is 46.6. The van der Waals surface area contributed by atoms with Crippen LogP contribution in [0.5, 0.6) is 0 Å². The number of likely N-dealkylation sites (tertiary alicyclic amines) is 1. The van der Waals surface area contributed by atoms with Crippen LogP contribution in [0.15, 0.2) is 24.5 Å². The number of carbonyl (C=O) groups is 1. The van der Waals surface area contributed by atoms with Gasteiger partial charge in [-0.1, -0.05) is 6.07 Å². The van der Waals surface area contributed by atoms with Gasteiger partial charge in [-0.25, -0.2) is 14.8 Å². The predicted molar refractivity (Wildman–Crippen MR) is 126 cm³/mol. The van der Waals surface area contributed by atoms with E-state index in [2.05, 4.69) is 30.5 Å². The van der Waals surface area contributed by atoms with Crippen LogP contribution >= 0.6 is 0 Å². The average molecular weight is 489 g/mol. The molecule has 1 amide bonds. The van der Waals surface area contributed by atoms with E-state index in [0.29, 0.717) is 22.2 Å². The molecular formula is C24H27F3N6O2. The molecule has 2 aliphatic rings. The highest BCUT2D eigenvalue weighted by atomic mass is 19.4. The highest BCUT2D eigenvalue weighted by Crippen LogP contribution is 2.48. The van der Waals surface area contributed by atoms with E-state index in [4.69, 9.17) is 4.74 Å². The van der Waals surface area contributed by atoms with Gasteiger partial charge in [-0.05, 0) is 51.3 Å². The summed E-state index contributed by atoms with van der Waals surface area (Å²) in [7, 11) is 3.29. The Morgan fingerprint density at radius 1 is 1.26 bits per heavy atom. The van der Waals surface area contributed by atoms with Gasteiger partial charge in [0.05, 0.1) is 18.3 Å². The van der Waals surface area contributed by atoms with Crippen molar-refractivity contribution in [1.82, 2.24) is 19.9 Å². The maximum Gasteiger partial charge on any atom is 0.419 e. The van der Waals surface area contributed by atoms with Crippen LogP contribution in [-0.2, 0) is 10.9 Å². The van der Waals surface area contributed by atoms with E-state index >= 15 is 0 Å². The molecule has 0 spiro atoms. The zero-order valence-electron chi connectivity index (χ0n) is 19.5. The Labute approximate surface area is 200 Å². The molecule has 1 saturated carbocycles. The molecule has 3 aromatic rings. The third-order valence-corrected chi connectivity index (χ3v) is 6.61. The number of aromatic nitrogens is 3. The number of methoxy groups -OCH3 is 1. The summed E-state index contributed by atoms with van der Waals surface area (Å²) in [4.78, 5) is 25.5. The molecule has 35 heavy (non-hydrogen) atoms. The molecule has 0 radical (unpaired) electrons. The molecule has 3 N–H and O–H groups in total. The largest absolute Gasteiger partial charge is 0.453 e. The van der Waals surface area contributed by atoms with Crippen LogP contribution < -0.4 is 10.6 Å². The zero-order valence-corrected chi connectivity index (χ0v) is 19.5. The Balaban J connectivity index is 1.58. The summed E-state index contributed by atoms with van der Waals surface area (Å²) in [5.41, 5.74) is 1.40. The van der Waals surface area contributed by atoms with Crippen LogP contribution in [0.1, 0.15) is 42.7 Å². The van der Waals surface area contributed by atoms with Crippen LogP contribution in [0.2, 0.25) is 0 Å². The van der Waals surface area contributed by atoms with Crippen LogP contribution in [0, 0.1) is 0 Å². The van der Waals surface area contributed by atoms with Gasteiger partial charge in [0.1, 0.15) is 5.56 Å². The van der Waals surface area contributed by atoms with Gasteiger partial charge in [-0.2, -0.15) is 13.2 Å². The van der Waals surface area contributed by atoms with E-state index in [-0.39, 0.29) is 23.6 Å². The molecule has 1 aromatic carbocycles. The topological polar surface area (TPSA) is 95.2 Å². The molecule has 1 aliphatic heterocycles. The fraction of sp³-hybridized carbons (Fsp3) is 0.458. The predicted octanol–water partition coefficient (Wildman–Crippen LogP) is 5.21. The lowest BCUT2D eigenvalue weighted by Crippen LogP contribution is -2.40. The molecule has 1 atom stereocenters. The first-order valence-corrected chi connectivity index (χ1v) is 11.6. The molecule has 5 rings (SSSR count). The highest BCUT2D eigenvalue weighted by Gasteiger charge is 2.37. The van der Waals surface area contributed by atoms with Crippen LogP contribution in [0.3, 0.4) is 0 Å². The van der Waals surface area contributed by atoms with Crippen molar-refractivity contribution in [3.63, 3.8) is 0 Å². The summed E-state index contributed by atoms with van der Waals surface area (Å²) in [6, 6.07) is 3.47. The van der Waals surface area contributed by atoms with Gasteiger partial charge in [0.2, 0.25) is 5.95 Å². The van der Waals surface area contributed by atoms with E-state index in [0.717, 1.165) is 50.5 Å². The second-order valence-electron chi connectivity index (χ2n) is 9.24. The number of nitrogens with zero attached hydrogens (tertiary/aromatic N) is 3. The highest BCUT2D eigenvalue weighted by molar-refractivity contribution is 6.01. The van der Waals surface area contributed by atoms with Gasteiger partial charge in [0.15, 0.2) is 0 Å². The number of alkyl halides is 3.